The molecule has 136 valence electrons. The molecule has 0 saturated carbocycles. The van der Waals surface area contributed by atoms with Crippen molar-refractivity contribution in [1.82, 2.24) is 5.32 Å². The number of carboxylic acids is 1. The van der Waals surface area contributed by atoms with E-state index in [1.807, 2.05) is 54.6 Å². The molecule has 0 radical (unpaired) electrons. The molecule has 1 saturated heterocycles. The molecular weight excluding hydrogens is 330 g/mol. The molecular formula is C21H23NO4. The van der Waals surface area contributed by atoms with Crippen LogP contribution in [0.4, 0.5) is 0 Å². The molecule has 2 aromatic rings. The standard InChI is InChI=1S/C21H23NO4/c23-19(22-15-21(20(24)25)10-12-26-13-11-21)14-16-6-8-18(9-7-16)17-4-2-1-3-5-17/h1-9H,10-15H2,(H,22,23)(H,24,25). The highest BCUT2D eigenvalue weighted by atomic mass is 16.5. The van der Waals surface area contributed by atoms with Gasteiger partial charge >= 0.3 is 5.97 Å². The third kappa shape index (κ3) is 4.29. The van der Waals surface area contributed by atoms with Crippen molar-refractivity contribution in [2.24, 2.45) is 5.41 Å². The zero-order valence-corrected chi connectivity index (χ0v) is 14.6. The largest absolute Gasteiger partial charge is 0.481 e. The van der Waals surface area contributed by atoms with Gasteiger partial charge in [0.25, 0.3) is 0 Å². The fraction of sp³-hybridized carbons (Fsp3) is 0.333. The lowest BCUT2D eigenvalue weighted by Crippen LogP contribution is -2.46. The van der Waals surface area contributed by atoms with Gasteiger partial charge < -0.3 is 15.2 Å². The van der Waals surface area contributed by atoms with Crippen LogP contribution < -0.4 is 5.32 Å². The predicted molar refractivity (Wildman–Crippen MR) is 98.7 cm³/mol. The van der Waals surface area contributed by atoms with Crippen LogP contribution in [0.3, 0.4) is 0 Å². The van der Waals surface area contributed by atoms with E-state index in [0.29, 0.717) is 26.1 Å². The Hall–Kier alpha value is -2.66. The lowest BCUT2D eigenvalue weighted by molar-refractivity contribution is -0.154. The minimum absolute atomic E-state index is 0.145. The van der Waals surface area contributed by atoms with Gasteiger partial charge in [-0.15, -0.1) is 0 Å². The predicted octanol–water partition coefficient (Wildman–Crippen LogP) is 2.89. The van der Waals surface area contributed by atoms with Crippen LogP contribution in [0, 0.1) is 5.41 Å². The van der Waals surface area contributed by atoms with E-state index in [2.05, 4.69) is 5.32 Å². The Labute approximate surface area is 153 Å². The summed E-state index contributed by atoms with van der Waals surface area (Å²) in [5, 5.41) is 12.3. The molecule has 1 amide bonds. The first kappa shape index (κ1) is 18.1. The van der Waals surface area contributed by atoms with Crippen LogP contribution in [0.5, 0.6) is 0 Å². The number of aliphatic carboxylic acids is 1. The molecule has 5 nitrogen and oxygen atoms in total. The van der Waals surface area contributed by atoms with Gasteiger partial charge in [0, 0.05) is 19.8 Å². The normalized spacial score (nSPS) is 16.0. The number of carboxylic acid groups (broad SMARTS) is 1. The molecule has 0 unspecified atom stereocenters. The van der Waals surface area contributed by atoms with Crippen LogP contribution in [0.1, 0.15) is 18.4 Å². The van der Waals surface area contributed by atoms with E-state index in [0.717, 1.165) is 16.7 Å². The van der Waals surface area contributed by atoms with E-state index in [1.165, 1.54) is 0 Å². The van der Waals surface area contributed by atoms with Crippen LogP contribution >= 0.6 is 0 Å². The molecule has 2 N–H and O–H groups in total. The van der Waals surface area contributed by atoms with Crippen LogP contribution in [0.15, 0.2) is 54.6 Å². The van der Waals surface area contributed by atoms with E-state index in [1.54, 1.807) is 0 Å². The lowest BCUT2D eigenvalue weighted by atomic mass is 9.80. The Balaban J connectivity index is 1.57. The quantitative estimate of drug-likeness (QED) is 0.837. The third-order valence-corrected chi connectivity index (χ3v) is 4.95. The van der Waals surface area contributed by atoms with Gasteiger partial charge in [-0.3, -0.25) is 9.59 Å². The van der Waals surface area contributed by atoms with Crippen LogP contribution in [-0.4, -0.2) is 36.7 Å². The molecule has 1 aliphatic rings. The SMILES string of the molecule is O=C(Cc1ccc(-c2ccccc2)cc1)NCC1(C(=O)O)CCOCC1. The average molecular weight is 353 g/mol. The summed E-state index contributed by atoms with van der Waals surface area (Å²) in [7, 11) is 0. The van der Waals surface area contributed by atoms with Crippen molar-refractivity contribution in [3.05, 3.63) is 60.2 Å². The van der Waals surface area contributed by atoms with Crippen LogP contribution in [0.25, 0.3) is 11.1 Å². The molecule has 3 rings (SSSR count). The van der Waals surface area contributed by atoms with Crippen molar-refractivity contribution < 1.29 is 19.4 Å². The first-order valence-corrected chi connectivity index (χ1v) is 8.81. The minimum Gasteiger partial charge on any atom is -0.481 e. The molecule has 0 aromatic heterocycles. The van der Waals surface area contributed by atoms with Gasteiger partial charge in [0.2, 0.25) is 5.91 Å². The summed E-state index contributed by atoms with van der Waals surface area (Å²) in [5.74, 6) is -1.03. The van der Waals surface area contributed by atoms with Crippen molar-refractivity contribution in [3.63, 3.8) is 0 Å². The van der Waals surface area contributed by atoms with Crippen LogP contribution in [0.2, 0.25) is 0 Å². The van der Waals surface area contributed by atoms with E-state index in [9.17, 15) is 14.7 Å². The van der Waals surface area contributed by atoms with Gasteiger partial charge in [0.1, 0.15) is 0 Å². The molecule has 0 aliphatic carbocycles. The third-order valence-electron chi connectivity index (χ3n) is 4.95. The number of hydrogen-bond donors (Lipinski definition) is 2. The number of carbonyl (C=O) groups excluding carboxylic acids is 1. The fourth-order valence-electron chi connectivity index (χ4n) is 3.19. The molecule has 0 bridgehead atoms. The van der Waals surface area contributed by atoms with Crippen molar-refractivity contribution in [1.29, 1.82) is 0 Å². The Kier molecular flexibility index (Phi) is 5.68. The van der Waals surface area contributed by atoms with Crippen LogP contribution in [-0.2, 0) is 20.7 Å². The molecule has 0 atom stereocenters. The Bertz CT molecular complexity index is 749. The second-order valence-electron chi connectivity index (χ2n) is 6.71. The maximum Gasteiger partial charge on any atom is 0.311 e. The van der Waals surface area contributed by atoms with Crippen molar-refractivity contribution in [2.75, 3.05) is 19.8 Å². The summed E-state index contributed by atoms with van der Waals surface area (Å²) in [4.78, 5) is 23.9. The first-order valence-electron chi connectivity index (χ1n) is 8.81. The second-order valence-corrected chi connectivity index (χ2v) is 6.71. The Morgan fingerprint density at radius 1 is 0.962 bits per heavy atom. The van der Waals surface area contributed by atoms with Gasteiger partial charge in [0.15, 0.2) is 0 Å². The van der Waals surface area contributed by atoms with Crippen molar-refractivity contribution >= 4 is 11.9 Å². The average Bonchev–Trinajstić information content (AvgIpc) is 2.68. The van der Waals surface area contributed by atoms with Gasteiger partial charge in [-0.25, -0.2) is 0 Å². The molecule has 26 heavy (non-hydrogen) atoms. The topological polar surface area (TPSA) is 75.6 Å². The molecule has 5 heteroatoms. The highest BCUT2D eigenvalue weighted by Crippen LogP contribution is 2.30. The fourth-order valence-corrected chi connectivity index (χ4v) is 3.19. The lowest BCUT2D eigenvalue weighted by Gasteiger charge is -2.33. The van der Waals surface area contributed by atoms with E-state index < -0.39 is 11.4 Å². The highest BCUT2D eigenvalue weighted by molar-refractivity contribution is 5.81. The van der Waals surface area contributed by atoms with Gasteiger partial charge in [-0.05, 0) is 29.5 Å². The second kappa shape index (κ2) is 8.15. The van der Waals surface area contributed by atoms with Gasteiger partial charge in [-0.1, -0.05) is 54.6 Å². The summed E-state index contributed by atoms with van der Waals surface area (Å²) in [6.45, 7) is 0.985. The number of benzene rings is 2. The highest BCUT2D eigenvalue weighted by Gasteiger charge is 2.40. The zero-order chi connectivity index (χ0) is 18.4. The Morgan fingerprint density at radius 2 is 1.58 bits per heavy atom. The van der Waals surface area contributed by atoms with Gasteiger partial charge in [0.05, 0.1) is 11.8 Å². The molecule has 1 aliphatic heterocycles. The molecule has 1 fully saturated rings. The summed E-state index contributed by atoms with van der Waals surface area (Å²) in [5.41, 5.74) is 2.22. The van der Waals surface area contributed by atoms with Crippen molar-refractivity contribution in [3.8, 4) is 11.1 Å². The summed E-state index contributed by atoms with van der Waals surface area (Å²) in [6.07, 6.45) is 1.09. The molecule has 1 heterocycles. The van der Waals surface area contributed by atoms with E-state index >= 15 is 0 Å². The number of nitrogens with one attached hydrogen (secondary N) is 1. The van der Waals surface area contributed by atoms with Gasteiger partial charge in [-0.2, -0.15) is 0 Å². The number of carbonyl (C=O) groups is 2. The molecule has 0 spiro atoms. The van der Waals surface area contributed by atoms with E-state index in [4.69, 9.17) is 4.74 Å². The smallest absolute Gasteiger partial charge is 0.311 e. The Morgan fingerprint density at radius 3 is 2.19 bits per heavy atom. The number of rotatable bonds is 6. The maximum atomic E-state index is 12.2. The zero-order valence-electron chi connectivity index (χ0n) is 14.6. The summed E-state index contributed by atoms with van der Waals surface area (Å²) < 4.78 is 5.25. The van der Waals surface area contributed by atoms with Crippen molar-refractivity contribution in [2.45, 2.75) is 19.3 Å². The first-order chi connectivity index (χ1) is 12.6. The number of hydrogen-bond acceptors (Lipinski definition) is 3. The number of amides is 1. The minimum atomic E-state index is -0.912. The maximum absolute atomic E-state index is 12.2. The van der Waals surface area contributed by atoms with E-state index in [-0.39, 0.29) is 18.9 Å². The number of ether oxygens (including phenoxy) is 1. The molecule has 2 aromatic carbocycles. The monoisotopic (exact) mass is 353 g/mol. The summed E-state index contributed by atoms with van der Waals surface area (Å²) >= 11 is 0. The summed E-state index contributed by atoms with van der Waals surface area (Å²) in [6, 6.07) is 17.9.